The van der Waals surface area contributed by atoms with E-state index in [4.69, 9.17) is 14.2 Å². The fourth-order valence-electron chi connectivity index (χ4n) is 7.71. The fraction of sp³-hybridized carbons (Fsp3) is 0.800. The first-order valence-electron chi connectivity index (χ1n) is 16.7. The number of Topliss-reactive ketones (excluding diaryl/α,β-unsaturated/α-hetero) is 1. The third kappa shape index (κ3) is 9.49. The van der Waals surface area contributed by atoms with Gasteiger partial charge in [0.25, 0.3) is 0 Å². The number of rotatable bonds is 6. The molecule has 4 saturated heterocycles. The van der Waals surface area contributed by atoms with Crippen LogP contribution in [0.15, 0.2) is 12.7 Å². The zero-order chi connectivity index (χ0) is 33.2. The van der Waals surface area contributed by atoms with Gasteiger partial charge in [-0.15, -0.1) is 6.58 Å². The molecule has 47 heavy (non-hydrogen) atoms. The number of likely N-dealkylation sites (N-methyl/N-ethyl adjacent to an activating group) is 2. The van der Waals surface area contributed by atoms with Gasteiger partial charge in [0.15, 0.2) is 12.1 Å². The van der Waals surface area contributed by atoms with E-state index in [-0.39, 0.29) is 92.8 Å². The van der Waals surface area contributed by atoms with Crippen LogP contribution in [0.25, 0.3) is 0 Å². The number of ether oxygens (including phenoxy) is 3. The van der Waals surface area contributed by atoms with E-state index < -0.39 is 35.8 Å². The van der Waals surface area contributed by atoms with Gasteiger partial charge >= 0.3 is 5.97 Å². The third-order valence-corrected chi connectivity index (χ3v) is 10.7. The molecule has 0 bridgehead atoms. The smallest absolute Gasteiger partial charge is 0.323 e. The number of aliphatic hydroxyl groups is 1. The van der Waals surface area contributed by atoms with Crippen molar-refractivity contribution in [1.82, 2.24) is 20.0 Å². The monoisotopic (exact) mass is 886 g/mol. The minimum atomic E-state index is -1.59. The van der Waals surface area contributed by atoms with Gasteiger partial charge in [-0.25, -0.2) is 0 Å². The Bertz CT molecular complexity index is 1070. The van der Waals surface area contributed by atoms with Crippen molar-refractivity contribution in [2.45, 2.75) is 90.6 Å². The maximum atomic E-state index is 14.2. The molecule has 4 aliphatic rings. The number of hydrogen-bond donors (Lipinski definition) is 2. The quantitative estimate of drug-likeness (QED) is 0.178. The molecule has 4 heterocycles. The van der Waals surface area contributed by atoms with Gasteiger partial charge in [-0.2, -0.15) is 13.3 Å². The molecule has 0 radical (unpaired) electrons. The van der Waals surface area contributed by atoms with E-state index in [0.29, 0.717) is 25.9 Å². The number of aliphatic hydroxyl groups excluding tert-OH is 1. The summed E-state index contributed by atoms with van der Waals surface area (Å²) in [5.74, 6) is -0.191. The molecule has 4 rings (SSSR count). The summed E-state index contributed by atoms with van der Waals surface area (Å²) in [7, 11) is 5.88. The molecule has 0 unspecified atom stereocenters. The van der Waals surface area contributed by atoms with Crippen LogP contribution in [0.3, 0.4) is 0 Å². The average molecular weight is 887 g/mol. The van der Waals surface area contributed by atoms with Crippen molar-refractivity contribution in [3.8, 4) is 0 Å². The van der Waals surface area contributed by atoms with E-state index in [0.717, 1.165) is 32.0 Å². The fourth-order valence-corrected chi connectivity index (χ4v) is 7.71. The second-order valence-electron chi connectivity index (χ2n) is 14.6. The van der Waals surface area contributed by atoms with E-state index >= 15 is 0 Å². The Kier molecular flexibility index (Phi) is 16.1. The molecular formula is C35H60N4O7U-2. The molecule has 2 N–H and O–H groups in total. The first-order valence-corrected chi connectivity index (χ1v) is 16.7. The van der Waals surface area contributed by atoms with Crippen molar-refractivity contribution >= 4 is 17.7 Å². The molecule has 12 heteroatoms. The van der Waals surface area contributed by atoms with Gasteiger partial charge in [-0.1, -0.05) is 25.8 Å². The van der Waals surface area contributed by atoms with Gasteiger partial charge in [-0.3, -0.25) is 25.2 Å². The zero-order valence-electron chi connectivity index (χ0n) is 30.2. The molecule has 0 spiro atoms. The molecule has 0 aromatic heterocycles. The van der Waals surface area contributed by atoms with Gasteiger partial charge in [0.1, 0.15) is 18.1 Å². The van der Waals surface area contributed by atoms with Crippen LogP contribution < -0.4 is 5.32 Å². The Morgan fingerprint density at radius 3 is 2.45 bits per heavy atom. The van der Waals surface area contributed by atoms with Gasteiger partial charge in [0, 0.05) is 74.7 Å². The van der Waals surface area contributed by atoms with Crippen LogP contribution in [0.2, 0.25) is 0 Å². The largest absolute Gasteiger partial charge is 0.463 e. The van der Waals surface area contributed by atoms with Crippen molar-refractivity contribution in [1.29, 1.82) is 0 Å². The molecule has 0 saturated carbocycles. The van der Waals surface area contributed by atoms with Gasteiger partial charge in [0.2, 0.25) is 5.91 Å². The van der Waals surface area contributed by atoms with Crippen molar-refractivity contribution in [2.24, 2.45) is 29.1 Å². The average Bonchev–Trinajstić information content (AvgIpc) is 3.51. The topological polar surface area (TPSA) is 121 Å². The minimum absolute atomic E-state index is 0. The van der Waals surface area contributed by atoms with Crippen molar-refractivity contribution in [3.05, 3.63) is 26.0 Å². The Balaban J connectivity index is 0.00000384. The molecule has 0 aliphatic carbocycles. The minimum Gasteiger partial charge on any atom is -0.463 e. The standard InChI is InChI=1S/C34H57N4O7.CH3.U/c1-10-34(6)30(40)23(5)29(45-32-28(39)26(36(7)8)14-22(4)44-32)21(3)13-20(2)16-37(9)27(19-43-33(34)42)25-17-38(18-25)31(41)24-11-12-35-15-24;;/h10,20,22-29,32,35,39H,1,11-19H2,2-9H3;1H3;/q2*-1;/t20-,22-,23-,24+,26+,27+,28-,29+,32+,34+;;/m1../s1. The number of cyclic esters (lactones) is 1. The Hall–Kier alpha value is -0.838. The van der Waals surface area contributed by atoms with Crippen LogP contribution >= 0.6 is 0 Å². The Morgan fingerprint density at radius 2 is 1.87 bits per heavy atom. The summed E-state index contributed by atoms with van der Waals surface area (Å²) in [5, 5.41) is 14.5. The van der Waals surface area contributed by atoms with E-state index in [1.165, 1.54) is 6.08 Å². The van der Waals surface area contributed by atoms with Gasteiger partial charge < -0.3 is 41.9 Å². The molecular weight excluding hydrogens is 826 g/mol. The van der Waals surface area contributed by atoms with Crippen LogP contribution in [-0.4, -0.2) is 135 Å². The summed E-state index contributed by atoms with van der Waals surface area (Å²) in [5.41, 5.74) is -1.59. The molecule has 0 aromatic rings. The zero-order valence-corrected chi connectivity index (χ0v) is 34.3. The summed E-state index contributed by atoms with van der Waals surface area (Å²) < 4.78 is 18.6. The maximum Gasteiger partial charge on any atom is 0.323 e. The number of nitrogens with zero attached hydrogens (tertiary/aromatic N) is 3. The van der Waals surface area contributed by atoms with E-state index in [1.807, 2.05) is 44.8 Å². The Morgan fingerprint density at radius 1 is 1.21 bits per heavy atom. The molecule has 10 atom stereocenters. The third-order valence-electron chi connectivity index (χ3n) is 10.7. The van der Waals surface area contributed by atoms with Crippen LogP contribution in [0.5, 0.6) is 0 Å². The number of carbonyl (C=O) groups is 3. The van der Waals surface area contributed by atoms with Crippen LogP contribution in [0.4, 0.5) is 0 Å². The first-order chi connectivity index (χ1) is 21.2. The number of nitrogens with one attached hydrogen (secondary N) is 1. The molecule has 4 aliphatic heterocycles. The normalized spacial score (nSPS) is 38.6. The number of carbonyl (C=O) groups excluding carboxylic acids is 3. The van der Waals surface area contributed by atoms with E-state index in [2.05, 4.69) is 23.7 Å². The molecule has 4 fully saturated rings. The summed E-state index contributed by atoms with van der Waals surface area (Å²) in [6.45, 7) is 17.0. The summed E-state index contributed by atoms with van der Waals surface area (Å²) >= 11 is 0. The predicted octanol–water partition coefficient (Wildman–Crippen LogP) is 2.19. The van der Waals surface area contributed by atoms with Gasteiger partial charge in [0.05, 0.1) is 12.0 Å². The molecule has 268 valence electrons. The van der Waals surface area contributed by atoms with Crippen molar-refractivity contribution in [3.63, 3.8) is 0 Å². The molecule has 1 amide bonds. The van der Waals surface area contributed by atoms with Crippen molar-refractivity contribution in [2.75, 3.05) is 60.5 Å². The molecule has 0 aromatic carbocycles. The van der Waals surface area contributed by atoms with E-state index in [1.54, 1.807) is 13.8 Å². The maximum absolute atomic E-state index is 14.2. The number of likely N-dealkylation sites (tertiary alicyclic amines) is 1. The second kappa shape index (κ2) is 17.9. The summed E-state index contributed by atoms with van der Waals surface area (Å²) in [6.07, 6.45) is 0.902. The van der Waals surface area contributed by atoms with Gasteiger partial charge in [-0.05, 0) is 67.0 Å². The SMILES string of the molecule is C=C[C@]1(C)C(=O)OC[C@@H](C2CN(C(=O)[C@H]3CCNC3)C2)N(C)C[C@H](C)C[C-](C)[C@H](O[C@@H]2O[C@H](C)C[C@H](N(C)C)[C@H]2O)[C@@H](C)C1=O.[CH3-].[U]. The van der Waals surface area contributed by atoms with Crippen LogP contribution in [0, 0.1) is 73.5 Å². The van der Waals surface area contributed by atoms with Crippen molar-refractivity contribution < 1.29 is 64.8 Å². The molecule has 11 nitrogen and oxygen atoms in total. The van der Waals surface area contributed by atoms with Crippen LogP contribution in [-0.2, 0) is 28.6 Å². The van der Waals surface area contributed by atoms with Crippen LogP contribution in [0.1, 0.15) is 53.9 Å². The number of hydrogen-bond acceptors (Lipinski definition) is 10. The number of amides is 1. The first kappa shape index (κ1) is 42.3. The summed E-state index contributed by atoms with van der Waals surface area (Å²) in [6, 6.07) is -0.266. The summed E-state index contributed by atoms with van der Waals surface area (Å²) in [4.78, 5) is 46.9. The number of esters is 1. The number of ketones is 1. The predicted molar refractivity (Wildman–Crippen MR) is 177 cm³/mol. The Labute approximate surface area is 307 Å². The van der Waals surface area contributed by atoms with E-state index in [9.17, 15) is 19.5 Å². The second-order valence-corrected chi connectivity index (χ2v) is 14.6.